The number of carbonyl (C=O) groups is 3. The molecular formula is C15H23N5O3. The topological polar surface area (TPSA) is 123 Å². The van der Waals surface area contributed by atoms with Crippen molar-refractivity contribution in [3.63, 3.8) is 0 Å². The van der Waals surface area contributed by atoms with Crippen LogP contribution in [0.1, 0.15) is 32.1 Å². The number of hydrogen-bond acceptors (Lipinski definition) is 5. The van der Waals surface area contributed by atoms with E-state index in [1.54, 1.807) is 0 Å². The van der Waals surface area contributed by atoms with E-state index in [2.05, 4.69) is 21.3 Å². The smallest absolute Gasteiger partial charge is 0.240 e. The lowest BCUT2D eigenvalue weighted by Crippen LogP contribution is -2.47. The first-order valence-electron chi connectivity index (χ1n) is 8.08. The Labute approximate surface area is 135 Å². The summed E-state index contributed by atoms with van der Waals surface area (Å²) in [5.41, 5.74) is 0. The normalized spacial score (nSPS) is 25.1. The van der Waals surface area contributed by atoms with Crippen LogP contribution in [-0.2, 0) is 14.4 Å². The van der Waals surface area contributed by atoms with Crippen LogP contribution < -0.4 is 21.3 Å². The van der Waals surface area contributed by atoms with Gasteiger partial charge in [0, 0.05) is 12.5 Å². The summed E-state index contributed by atoms with van der Waals surface area (Å²) in [5.74, 6) is -0.922. The second-order valence-electron chi connectivity index (χ2n) is 5.98. The number of piperidine rings is 1. The number of rotatable bonds is 6. The van der Waals surface area contributed by atoms with Gasteiger partial charge < -0.3 is 21.3 Å². The second-order valence-corrected chi connectivity index (χ2v) is 5.98. The van der Waals surface area contributed by atoms with Gasteiger partial charge in [0.1, 0.15) is 6.04 Å². The molecule has 8 nitrogen and oxygen atoms in total. The number of amides is 3. The van der Waals surface area contributed by atoms with E-state index in [0.29, 0.717) is 13.0 Å². The summed E-state index contributed by atoms with van der Waals surface area (Å²) in [4.78, 5) is 35.3. The highest BCUT2D eigenvalue weighted by atomic mass is 16.2. The molecule has 0 aromatic rings. The van der Waals surface area contributed by atoms with Crippen LogP contribution in [0, 0.1) is 17.2 Å². The van der Waals surface area contributed by atoms with Gasteiger partial charge in [-0.1, -0.05) is 0 Å². The van der Waals surface area contributed by atoms with Gasteiger partial charge in [-0.25, -0.2) is 0 Å². The fourth-order valence-corrected chi connectivity index (χ4v) is 2.93. The maximum absolute atomic E-state index is 11.9. The van der Waals surface area contributed by atoms with Crippen molar-refractivity contribution in [2.45, 2.75) is 44.2 Å². The van der Waals surface area contributed by atoms with Crippen LogP contribution in [0.4, 0.5) is 0 Å². The molecule has 2 unspecified atom stereocenters. The molecule has 0 aromatic carbocycles. The van der Waals surface area contributed by atoms with Crippen molar-refractivity contribution in [2.24, 2.45) is 5.92 Å². The van der Waals surface area contributed by atoms with Crippen molar-refractivity contribution in [1.29, 1.82) is 5.26 Å². The Hall–Kier alpha value is -2.14. The summed E-state index contributed by atoms with van der Waals surface area (Å²) < 4.78 is 0. The Bertz CT molecular complexity index is 496. The Morgan fingerprint density at radius 1 is 1.30 bits per heavy atom. The fourth-order valence-electron chi connectivity index (χ4n) is 2.93. The lowest BCUT2D eigenvalue weighted by Gasteiger charge is -2.23. The van der Waals surface area contributed by atoms with Crippen LogP contribution in [0.25, 0.3) is 0 Å². The molecule has 0 radical (unpaired) electrons. The third-order valence-electron chi connectivity index (χ3n) is 4.21. The molecule has 3 amide bonds. The van der Waals surface area contributed by atoms with Gasteiger partial charge in [-0.3, -0.25) is 14.4 Å². The van der Waals surface area contributed by atoms with E-state index in [1.807, 2.05) is 6.07 Å². The number of hydrogen-bond donors (Lipinski definition) is 4. The minimum Gasteiger partial charge on any atom is -0.356 e. The molecule has 126 valence electrons. The van der Waals surface area contributed by atoms with Crippen molar-refractivity contribution < 1.29 is 14.4 Å². The van der Waals surface area contributed by atoms with Gasteiger partial charge in [-0.05, 0) is 38.6 Å². The molecule has 0 bridgehead atoms. The van der Waals surface area contributed by atoms with Crippen molar-refractivity contribution in [2.75, 3.05) is 19.6 Å². The maximum Gasteiger partial charge on any atom is 0.240 e. The highest BCUT2D eigenvalue weighted by molar-refractivity contribution is 5.87. The van der Waals surface area contributed by atoms with Crippen LogP contribution in [0.15, 0.2) is 0 Å². The summed E-state index contributed by atoms with van der Waals surface area (Å²) in [6.07, 6.45) is 3.62. The molecule has 2 heterocycles. The minimum atomic E-state index is -0.724. The maximum atomic E-state index is 11.9. The average Bonchev–Trinajstić information content (AvgIpc) is 3.08. The van der Waals surface area contributed by atoms with Gasteiger partial charge >= 0.3 is 0 Å². The molecule has 2 aliphatic rings. The average molecular weight is 321 g/mol. The Morgan fingerprint density at radius 2 is 2.09 bits per heavy atom. The summed E-state index contributed by atoms with van der Waals surface area (Å²) in [6.45, 7) is 1.32. The van der Waals surface area contributed by atoms with Crippen LogP contribution in [-0.4, -0.2) is 49.4 Å². The van der Waals surface area contributed by atoms with Gasteiger partial charge in [0.15, 0.2) is 0 Å². The van der Waals surface area contributed by atoms with Gasteiger partial charge in [0.05, 0.1) is 18.7 Å². The Morgan fingerprint density at radius 3 is 2.74 bits per heavy atom. The van der Waals surface area contributed by atoms with Crippen molar-refractivity contribution in [3.8, 4) is 6.07 Å². The fraction of sp³-hybridized carbons (Fsp3) is 0.733. The molecule has 0 saturated carbocycles. The minimum absolute atomic E-state index is 0.0636. The summed E-state index contributed by atoms with van der Waals surface area (Å²) in [7, 11) is 0. The van der Waals surface area contributed by atoms with Crippen molar-refractivity contribution in [1.82, 2.24) is 21.3 Å². The molecule has 0 aromatic heterocycles. The predicted octanol–water partition coefficient (Wildman–Crippen LogP) is -1.22. The zero-order valence-electron chi connectivity index (χ0n) is 13.1. The first kappa shape index (κ1) is 17.2. The Kier molecular flexibility index (Phi) is 6.35. The number of carbonyl (C=O) groups excluding carboxylic acids is 3. The molecule has 2 aliphatic heterocycles. The van der Waals surface area contributed by atoms with E-state index in [4.69, 9.17) is 5.26 Å². The van der Waals surface area contributed by atoms with Crippen molar-refractivity contribution >= 4 is 17.7 Å². The second kappa shape index (κ2) is 8.48. The molecular weight excluding hydrogens is 298 g/mol. The lowest BCUT2D eigenvalue weighted by molar-refractivity contribution is -0.128. The quantitative estimate of drug-likeness (QED) is 0.488. The van der Waals surface area contributed by atoms with Gasteiger partial charge in [0.25, 0.3) is 0 Å². The molecule has 2 rings (SSSR count). The van der Waals surface area contributed by atoms with Crippen LogP contribution in [0.2, 0.25) is 0 Å². The van der Waals surface area contributed by atoms with E-state index in [0.717, 1.165) is 32.2 Å². The number of nitriles is 1. The standard InChI is InChI=1S/C15H23N5O3/c16-8-11(7-10-3-1-6-18-14(10)22)20-13(21)9-19-15(23)12-4-2-5-17-12/h10-12,17H,1-7,9H2,(H,18,22)(H,19,23)(H,20,21)/t10-,11?,12?/m0/s1. The number of nitrogens with zero attached hydrogens (tertiary/aromatic N) is 1. The van der Waals surface area contributed by atoms with Gasteiger partial charge in [-0.2, -0.15) is 5.26 Å². The molecule has 3 atom stereocenters. The first-order chi connectivity index (χ1) is 11.1. The monoisotopic (exact) mass is 321 g/mol. The van der Waals surface area contributed by atoms with Crippen LogP contribution in [0.3, 0.4) is 0 Å². The first-order valence-corrected chi connectivity index (χ1v) is 8.08. The largest absolute Gasteiger partial charge is 0.356 e. The van der Waals surface area contributed by atoms with E-state index in [-0.39, 0.29) is 30.3 Å². The molecule has 0 spiro atoms. The van der Waals surface area contributed by atoms with Crippen molar-refractivity contribution in [3.05, 3.63) is 0 Å². The molecule has 2 fully saturated rings. The third kappa shape index (κ3) is 5.21. The highest BCUT2D eigenvalue weighted by Crippen LogP contribution is 2.17. The summed E-state index contributed by atoms with van der Waals surface area (Å²) in [5, 5.41) is 20.1. The van der Waals surface area contributed by atoms with E-state index >= 15 is 0 Å². The summed E-state index contributed by atoms with van der Waals surface area (Å²) >= 11 is 0. The molecule has 8 heteroatoms. The third-order valence-corrected chi connectivity index (χ3v) is 4.21. The van der Waals surface area contributed by atoms with Gasteiger partial charge in [-0.15, -0.1) is 0 Å². The van der Waals surface area contributed by atoms with Crippen LogP contribution >= 0.6 is 0 Å². The molecule has 0 aliphatic carbocycles. The van der Waals surface area contributed by atoms with E-state index in [1.165, 1.54) is 0 Å². The highest BCUT2D eigenvalue weighted by Gasteiger charge is 2.27. The van der Waals surface area contributed by atoms with E-state index in [9.17, 15) is 14.4 Å². The lowest BCUT2D eigenvalue weighted by atomic mass is 9.92. The summed E-state index contributed by atoms with van der Waals surface area (Å²) in [6, 6.07) is 1.05. The molecule has 2 saturated heterocycles. The SMILES string of the molecule is N#CC(C[C@@H]1CCCNC1=O)NC(=O)CNC(=O)C1CCCN1. The Balaban J connectivity index is 1.72. The molecule has 4 N–H and O–H groups in total. The molecule has 23 heavy (non-hydrogen) atoms. The van der Waals surface area contributed by atoms with Gasteiger partial charge in [0.2, 0.25) is 17.7 Å². The zero-order valence-corrected chi connectivity index (χ0v) is 13.1. The number of nitrogens with one attached hydrogen (secondary N) is 4. The predicted molar refractivity (Wildman–Crippen MR) is 81.9 cm³/mol. The zero-order chi connectivity index (χ0) is 16.7. The van der Waals surface area contributed by atoms with E-state index < -0.39 is 11.9 Å². The van der Waals surface area contributed by atoms with Crippen LogP contribution in [0.5, 0.6) is 0 Å².